The Bertz CT molecular complexity index is 1030. The molecule has 5 nitrogen and oxygen atoms in total. The zero-order valence-electron chi connectivity index (χ0n) is 16.6. The van der Waals surface area contributed by atoms with Gasteiger partial charge >= 0.3 is 6.18 Å². The first-order valence-electron chi connectivity index (χ1n) is 10.4. The molecule has 0 radical (unpaired) electrons. The van der Waals surface area contributed by atoms with Crippen LogP contribution >= 0.6 is 0 Å². The van der Waals surface area contributed by atoms with Crippen LogP contribution in [0.1, 0.15) is 41.4 Å². The third kappa shape index (κ3) is 3.94. The number of fused-ring (bicyclic) bond motifs is 1. The Labute approximate surface area is 172 Å². The highest BCUT2D eigenvalue weighted by Crippen LogP contribution is 2.37. The second-order valence-electron chi connectivity index (χ2n) is 8.32. The quantitative estimate of drug-likeness (QED) is 0.688. The molecule has 5 rings (SSSR count). The fourth-order valence-corrected chi connectivity index (χ4v) is 4.31. The van der Waals surface area contributed by atoms with E-state index in [2.05, 4.69) is 20.4 Å². The van der Waals surface area contributed by atoms with Crippen LogP contribution in [0.15, 0.2) is 42.6 Å². The summed E-state index contributed by atoms with van der Waals surface area (Å²) in [5.41, 5.74) is 0.671. The van der Waals surface area contributed by atoms with Crippen molar-refractivity contribution in [1.82, 2.24) is 24.8 Å². The maximum absolute atomic E-state index is 14.0. The van der Waals surface area contributed by atoms with Crippen molar-refractivity contribution in [2.75, 3.05) is 19.6 Å². The van der Waals surface area contributed by atoms with Crippen LogP contribution in [-0.2, 0) is 19.1 Å². The predicted molar refractivity (Wildman–Crippen MR) is 107 cm³/mol. The molecule has 3 heterocycles. The van der Waals surface area contributed by atoms with Crippen LogP contribution in [0, 0.1) is 5.92 Å². The number of hydrogen-bond donors (Lipinski definition) is 1. The summed E-state index contributed by atoms with van der Waals surface area (Å²) in [6.07, 6.45) is 0.146. The maximum Gasteiger partial charge on any atom is 0.420 e. The van der Waals surface area contributed by atoms with Gasteiger partial charge in [0.05, 0.1) is 0 Å². The largest absolute Gasteiger partial charge is 0.420 e. The number of hydrogen-bond acceptors (Lipinski definition) is 4. The van der Waals surface area contributed by atoms with Crippen LogP contribution in [0.25, 0.3) is 5.65 Å². The summed E-state index contributed by atoms with van der Waals surface area (Å²) in [6.45, 7) is 2.33. The van der Waals surface area contributed by atoms with Gasteiger partial charge in [-0.05, 0) is 36.0 Å². The number of nitrogens with zero attached hydrogens (tertiary/aromatic N) is 4. The van der Waals surface area contributed by atoms with Crippen LogP contribution in [-0.4, -0.2) is 39.1 Å². The minimum Gasteiger partial charge on any atom is -0.308 e. The Balaban J connectivity index is 1.43. The van der Waals surface area contributed by atoms with E-state index in [1.54, 1.807) is 12.3 Å². The third-order valence-corrected chi connectivity index (χ3v) is 6.04. The van der Waals surface area contributed by atoms with Crippen molar-refractivity contribution in [3.05, 3.63) is 65.1 Å². The molecule has 0 bridgehead atoms. The van der Waals surface area contributed by atoms with Gasteiger partial charge in [-0.1, -0.05) is 30.3 Å². The summed E-state index contributed by atoms with van der Waals surface area (Å²) in [5, 5.41) is 11.5. The molecule has 2 aliphatic rings. The standard InChI is InChI=1S/C22H24F3N5/c23-22(24,25)20-17(8-10-30-19(12-15-6-7-15)27-28-21(20)30)13-29-11-9-26-18(14-29)16-4-2-1-3-5-16/h1-5,8,10,15,18,26H,6-7,9,11-14H2/t18-/m0/s1. The molecule has 2 fully saturated rings. The highest BCUT2D eigenvalue weighted by molar-refractivity contribution is 5.53. The molecule has 1 atom stereocenters. The molecule has 1 saturated carbocycles. The summed E-state index contributed by atoms with van der Waals surface area (Å²) < 4.78 is 43.7. The van der Waals surface area contributed by atoms with Crippen molar-refractivity contribution in [3.63, 3.8) is 0 Å². The predicted octanol–water partition coefficient (Wildman–Crippen LogP) is 3.85. The summed E-state index contributed by atoms with van der Waals surface area (Å²) >= 11 is 0. The fraction of sp³-hybridized carbons (Fsp3) is 0.455. The SMILES string of the molecule is FC(F)(F)c1c(CN2CCN[C@H](c3ccccc3)C2)ccn2c(CC3CC3)nnc12. The van der Waals surface area contributed by atoms with Gasteiger partial charge in [-0.15, -0.1) is 10.2 Å². The first-order valence-corrected chi connectivity index (χ1v) is 10.4. The van der Waals surface area contributed by atoms with Crippen molar-refractivity contribution in [2.45, 2.75) is 38.0 Å². The lowest BCUT2D eigenvalue weighted by Crippen LogP contribution is -2.45. The average molecular weight is 415 g/mol. The smallest absolute Gasteiger partial charge is 0.308 e. The van der Waals surface area contributed by atoms with Gasteiger partial charge in [0.15, 0.2) is 5.65 Å². The third-order valence-electron chi connectivity index (χ3n) is 6.04. The number of halogens is 3. The van der Waals surface area contributed by atoms with Crippen molar-refractivity contribution in [1.29, 1.82) is 0 Å². The van der Waals surface area contributed by atoms with Crippen molar-refractivity contribution >= 4 is 5.65 Å². The zero-order valence-corrected chi connectivity index (χ0v) is 16.6. The highest BCUT2D eigenvalue weighted by atomic mass is 19.4. The van der Waals surface area contributed by atoms with Gasteiger partial charge in [0.2, 0.25) is 0 Å². The topological polar surface area (TPSA) is 45.5 Å². The Kier molecular flexibility index (Phi) is 4.99. The van der Waals surface area contributed by atoms with Gasteiger partial charge in [-0.3, -0.25) is 9.30 Å². The number of pyridine rings is 1. The van der Waals surface area contributed by atoms with Gasteiger partial charge in [0, 0.05) is 44.8 Å². The number of piperazine rings is 1. The van der Waals surface area contributed by atoms with Crippen LogP contribution in [0.4, 0.5) is 13.2 Å². The Morgan fingerprint density at radius 1 is 1.07 bits per heavy atom. The summed E-state index contributed by atoms with van der Waals surface area (Å²) in [6, 6.07) is 11.7. The molecule has 2 aromatic heterocycles. The van der Waals surface area contributed by atoms with Crippen LogP contribution in [0.2, 0.25) is 0 Å². The van der Waals surface area contributed by atoms with E-state index in [0.29, 0.717) is 31.3 Å². The van der Waals surface area contributed by atoms with Gasteiger partial charge in [0.1, 0.15) is 11.4 Å². The van der Waals surface area contributed by atoms with E-state index in [-0.39, 0.29) is 23.8 Å². The molecule has 158 valence electrons. The molecule has 8 heteroatoms. The summed E-state index contributed by atoms with van der Waals surface area (Å²) in [4.78, 5) is 2.08. The molecule has 0 amide bonds. The molecular formula is C22H24F3N5. The second-order valence-corrected chi connectivity index (χ2v) is 8.32. The highest BCUT2D eigenvalue weighted by Gasteiger charge is 2.38. The number of alkyl halides is 3. The number of nitrogens with one attached hydrogen (secondary N) is 1. The fourth-order valence-electron chi connectivity index (χ4n) is 4.31. The first kappa shape index (κ1) is 19.5. The molecule has 30 heavy (non-hydrogen) atoms. The molecule has 0 spiro atoms. The molecule has 1 saturated heterocycles. The average Bonchev–Trinajstić information content (AvgIpc) is 3.46. The van der Waals surface area contributed by atoms with Crippen LogP contribution in [0.5, 0.6) is 0 Å². The lowest BCUT2D eigenvalue weighted by Gasteiger charge is -2.34. The number of benzene rings is 1. The lowest BCUT2D eigenvalue weighted by molar-refractivity contribution is -0.137. The van der Waals surface area contributed by atoms with E-state index in [9.17, 15) is 13.2 Å². The van der Waals surface area contributed by atoms with Crippen LogP contribution < -0.4 is 5.32 Å². The van der Waals surface area contributed by atoms with E-state index in [1.807, 2.05) is 30.3 Å². The zero-order chi connectivity index (χ0) is 20.7. The van der Waals surface area contributed by atoms with E-state index < -0.39 is 11.7 Å². The lowest BCUT2D eigenvalue weighted by atomic mass is 10.0. The molecule has 3 aromatic rings. The minimum atomic E-state index is -4.48. The van der Waals surface area contributed by atoms with Gasteiger partial charge < -0.3 is 5.32 Å². The molecule has 0 unspecified atom stereocenters. The minimum absolute atomic E-state index is 0.0783. The van der Waals surface area contributed by atoms with Crippen LogP contribution in [0.3, 0.4) is 0 Å². The molecule has 1 aliphatic heterocycles. The Morgan fingerprint density at radius 2 is 1.87 bits per heavy atom. The Hall–Kier alpha value is -2.45. The summed E-state index contributed by atoms with van der Waals surface area (Å²) in [5.74, 6) is 1.15. The number of rotatable bonds is 5. The van der Waals surface area contributed by atoms with Gasteiger partial charge in [-0.2, -0.15) is 13.2 Å². The molecule has 1 aliphatic carbocycles. The normalized spacial score (nSPS) is 20.7. The monoisotopic (exact) mass is 415 g/mol. The second kappa shape index (κ2) is 7.67. The number of aromatic nitrogens is 3. The van der Waals surface area contributed by atoms with E-state index in [1.165, 1.54) is 4.40 Å². The van der Waals surface area contributed by atoms with Crippen molar-refractivity contribution in [2.24, 2.45) is 5.92 Å². The van der Waals surface area contributed by atoms with Gasteiger partial charge in [-0.25, -0.2) is 0 Å². The van der Waals surface area contributed by atoms with E-state index in [4.69, 9.17) is 0 Å². The van der Waals surface area contributed by atoms with Crippen molar-refractivity contribution in [3.8, 4) is 0 Å². The summed E-state index contributed by atoms with van der Waals surface area (Å²) in [7, 11) is 0. The van der Waals surface area contributed by atoms with E-state index in [0.717, 1.165) is 24.9 Å². The van der Waals surface area contributed by atoms with E-state index >= 15 is 0 Å². The maximum atomic E-state index is 14.0. The van der Waals surface area contributed by atoms with Crippen molar-refractivity contribution < 1.29 is 13.2 Å². The molecule has 1 aromatic carbocycles. The molecule has 1 N–H and O–H groups in total. The Morgan fingerprint density at radius 3 is 2.60 bits per heavy atom. The van der Waals surface area contributed by atoms with Gasteiger partial charge in [0.25, 0.3) is 0 Å². The molecular weight excluding hydrogens is 391 g/mol. The first-order chi connectivity index (χ1) is 14.5.